The van der Waals surface area contributed by atoms with Gasteiger partial charge in [-0.15, -0.1) is 0 Å². The quantitative estimate of drug-likeness (QED) is 0.732. The van der Waals surface area contributed by atoms with Gasteiger partial charge in [-0.05, 0) is 5.19 Å². The topological polar surface area (TPSA) is 36.9 Å². The number of hydrogen-bond acceptors (Lipinski definition) is 4. The summed E-state index contributed by atoms with van der Waals surface area (Å²) in [6.45, 7) is 0. The summed E-state index contributed by atoms with van der Waals surface area (Å²) in [6, 6.07) is 20.0. The van der Waals surface area contributed by atoms with Crippen molar-refractivity contribution < 1.29 is 17.7 Å². The highest BCUT2D eigenvalue weighted by Gasteiger charge is 2.40. The molecule has 0 fully saturated rings. The van der Waals surface area contributed by atoms with Gasteiger partial charge in [-0.1, -0.05) is 60.7 Å². The summed E-state index contributed by atoms with van der Waals surface area (Å²) in [5, 5.41) is 2.34. The highest BCUT2D eigenvalue weighted by Crippen LogP contribution is 2.05. The summed E-state index contributed by atoms with van der Waals surface area (Å²) in [5.74, 6) is 0. The van der Waals surface area contributed by atoms with E-state index in [0.29, 0.717) is 0 Å². The average Bonchev–Trinajstić information content (AvgIpc) is 2.60. The van der Waals surface area contributed by atoms with E-state index in [1.54, 1.807) is 28.4 Å². The van der Waals surface area contributed by atoms with Gasteiger partial charge in [0.2, 0.25) is 0 Å². The van der Waals surface area contributed by atoms with Crippen molar-refractivity contribution >= 4 is 28.9 Å². The lowest BCUT2D eigenvalue weighted by molar-refractivity contribution is 0.140. The maximum Gasteiger partial charge on any atom is 0.536 e. The molecule has 120 valence electrons. The lowest BCUT2D eigenvalue weighted by atomic mass is 10.4. The average molecular weight is 337 g/mol. The zero-order chi connectivity index (χ0) is 16.3. The normalized spacial score (nSPS) is 11.3. The van der Waals surface area contributed by atoms with Crippen molar-refractivity contribution in [3.63, 3.8) is 0 Å². The lowest BCUT2D eigenvalue weighted by Crippen LogP contribution is -2.54. The van der Waals surface area contributed by atoms with E-state index in [0.717, 1.165) is 5.19 Å². The Labute approximate surface area is 136 Å². The molecule has 6 heteroatoms. The van der Waals surface area contributed by atoms with Gasteiger partial charge in [-0.25, -0.2) is 0 Å². The minimum atomic E-state index is -2.59. The fraction of sp³-hybridized carbons (Fsp3) is 0.250. The maximum absolute atomic E-state index is 5.32. The van der Waals surface area contributed by atoms with Crippen LogP contribution in [0.2, 0.25) is 0 Å². The Hall–Kier alpha value is -1.29. The van der Waals surface area contributed by atoms with Crippen molar-refractivity contribution in [2.24, 2.45) is 0 Å². The first-order valence-electron chi connectivity index (χ1n) is 6.96. The molecule has 0 N–H and O–H groups in total. The number of hydrogen-bond donors (Lipinski definition) is 0. The Balaban J connectivity index is 0.000000235. The SMILES string of the molecule is CO[SiH2]c1ccccc1.CO[Si](OC)(OC)c1ccccc1. The van der Waals surface area contributed by atoms with Crippen LogP contribution in [0.4, 0.5) is 0 Å². The van der Waals surface area contributed by atoms with Crippen LogP contribution in [0.1, 0.15) is 0 Å². The van der Waals surface area contributed by atoms with E-state index >= 15 is 0 Å². The minimum absolute atomic E-state index is 0.401. The second-order valence-electron chi connectivity index (χ2n) is 4.45. The molecule has 0 saturated heterocycles. The van der Waals surface area contributed by atoms with E-state index in [1.807, 2.05) is 48.5 Å². The van der Waals surface area contributed by atoms with Gasteiger partial charge in [0.15, 0.2) is 9.76 Å². The summed E-state index contributed by atoms with van der Waals surface area (Å²) in [5.41, 5.74) is 0. The molecule has 0 radical (unpaired) electrons. The fourth-order valence-corrected chi connectivity index (χ4v) is 4.59. The molecule has 0 unspecified atom stereocenters. The van der Waals surface area contributed by atoms with Crippen LogP contribution >= 0.6 is 0 Å². The molecule has 0 spiro atoms. The van der Waals surface area contributed by atoms with E-state index in [4.69, 9.17) is 17.7 Å². The lowest BCUT2D eigenvalue weighted by Gasteiger charge is -2.24. The Morgan fingerprint density at radius 3 is 1.55 bits per heavy atom. The highest BCUT2D eigenvalue weighted by molar-refractivity contribution is 6.75. The molecule has 0 aliphatic heterocycles. The monoisotopic (exact) mass is 336 g/mol. The van der Waals surface area contributed by atoms with Gasteiger partial charge in [-0.3, -0.25) is 0 Å². The molecule has 0 heterocycles. The molecule has 2 aromatic carbocycles. The number of rotatable bonds is 6. The van der Waals surface area contributed by atoms with Crippen LogP contribution < -0.4 is 10.4 Å². The molecule has 4 nitrogen and oxygen atoms in total. The molecule has 0 saturated carbocycles. The second kappa shape index (κ2) is 10.4. The zero-order valence-corrected chi connectivity index (χ0v) is 16.0. The highest BCUT2D eigenvalue weighted by atomic mass is 28.4. The number of benzene rings is 2. The summed E-state index contributed by atoms with van der Waals surface area (Å²) in [4.78, 5) is 0. The molecule has 2 rings (SSSR count). The smallest absolute Gasteiger partial charge is 0.422 e. The first-order chi connectivity index (χ1) is 10.7. The first-order valence-corrected chi connectivity index (χ1v) is 9.97. The van der Waals surface area contributed by atoms with Crippen LogP contribution in [0.15, 0.2) is 60.7 Å². The molecule has 0 aromatic heterocycles. The van der Waals surface area contributed by atoms with Gasteiger partial charge in [0.05, 0.1) is 0 Å². The predicted molar refractivity (Wildman–Crippen MR) is 94.5 cm³/mol. The van der Waals surface area contributed by atoms with Gasteiger partial charge >= 0.3 is 8.80 Å². The third kappa shape index (κ3) is 5.49. The van der Waals surface area contributed by atoms with Gasteiger partial charge in [0.25, 0.3) is 0 Å². The fourth-order valence-electron chi connectivity index (χ4n) is 1.99. The Kier molecular flexibility index (Phi) is 8.90. The first kappa shape index (κ1) is 18.8. The molecular weight excluding hydrogens is 312 g/mol. The standard InChI is InChI=1S/C9H14O3Si.C7H10OSi/c1-10-13(11-2,12-3)9-7-5-4-6-8-9;1-8-9-7-5-3-2-4-6-7/h4-8H,1-3H3;2-6H,9H2,1H3. The Morgan fingerprint density at radius 2 is 1.14 bits per heavy atom. The minimum Gasteiger partial charge on any atom is -0.422 e. The molecule has 0 bridgehead atoms. The van der Waals surface area contributed by atoms with Crippen molar-refractivity contribution in [3.8, 4) is 0 Å². The molecule has 22 heavy (non-hydrogen) atoms. The molecule has 0 aliphatic carbocycles. The van der Waals surface area contributed by atoms with Crippen molar-refractivity contribution in [2.45, 2.75) is 0 Å². The van der Waals surface area contributed by atoms with Crippen molar-refractivity contribution in [2.75, 3.05) is 28.4 Å². The Morgan fingerprint density at radius 1 is 0.682 bits per heavy atom. The van der Waals surface area contributed by atoms with Gasteiger partial charge in [0, 0.05) is 33.6 Å². The third-order valence-corrected chi connectivity index (χ3v) is 6.83. The molecule has 0 amide bonds. The predicted octanol–water partition coefficient (Wildman–Crippen LogP) is 0.814. The zero-order valence-electron chi connectivity index (χ0n) is 13.6. The summed E-state index contributed by atoms with van der Waals surface area (Å²) in [7, 11) is 3.58. The molecule has 0 aliphatic rings. The van der Waals surface area contributed by atoms with Crippen LogP contribution in [0, 0.1) is 0 Å². The van der Waals surface area contributed by atoms with Crippen molar-refractivity contribution in [3.05, 3.63) is 60.7 Å². The van der Waals surface area contributed by atoms with Crippen LogP contribution in [-0.4, -0.2) is 47.0 Å². The van der Waals surface area contributed by atoms with Crippen LogP contribution in [0.25, 0.3) is 0 Å². The Bertz CT molecular complexity index is 496. The second-order valence-corrected chi connectivity index (χ2v) is 9.05. The molecule has 0 atom stereocenters. The van der Waals surface area contributed by atoms with Crippen LogP contribution in [0.5, 0.6) is 0 Å². The van der Waals surface area contributed by atoms with Crippen molar-refractivity contribution in [1.29, 1.82) is 0 Å². The van der Waals surface area contributed by atoms with E-state index < -0.39 is 18.6 Å². The van der Waals surface area contributed by atoms with Crippen molar-refractivity contribution in [1.82, 2.24) is 0 Å². The van der Waals surface area contributed by atoms with Crippen LogP contribution in [0.3, 0.4) is 0 Å². The van der Waals surface area contributed by atoms with Gasteiger partial charge < -0.3 is 17.7 Å². The molecule has 2 aromatic rings. The van der Waals surface area contributed by atoms with E-state index in [9.17, 15) is 0 Å². The van der Waals surface area contributed by atoms with E-state index in [-0.39, 0.29) is 0 Å². The summed E-state index contributed by atoms with van der Waals surface area (Å²) in [6.07, 6.45) is 0. The molecular formula is C16H24O4Si2. The summed E-state index contributed by atoms with van der Waals surface area (Å²) < 4.78 is 21.0. The van der Waals surface area contributed by atoms with Crippen LogP contribution in [-0.2, 0) is 17.7 Å². The summed E-state index contributed by atoms with van der Waals surface area (Å²) >= 11 is 0. The van der Waals surface area contributed by atoms with E-state index in [2.05, 4.69) is 12.1 Å². The van der Waals surface area contributed by atoms with Gasteiger partial charge in [0.1, 0.15) is 0 Å². The maximum atomic E-state index is 5.32. The van der Waals surface area contributed by atoms with E-state index in [1.165, 1.54) is 5.19 Å². The third-order valence-electron chi connectivity index (χ3n) is 3.09. The van der Waals surface area contributed by atoms with Gasteiger partial charge in [-0.2, -0.15) is 0 Å². The largest absolute Gasteiger partial charge is 0.536 e.